The van der Waals surface area contributed by atoms with Crippen molar-refractivity contribution in [1.82, 2.24) is 0 Å². The highest BCUT2D eigenvalue weighted by Crippen LogP contribution is 2.48. The zero-order chi connectivity index (χ0) is 16.3. The van der Waals surface area contributed by atoms with Crippen LogP contribution in [0.15, 0.2) is 22.8 Å². The van der Waals surface area contributed by atoms with E-state index in [-0.39, 0.29) is 23.5 Å². The molecule has 0 amide bonds. The Kier molecular flexibility index (Phi) is 5.43. The molecule has 3 unspecified atom stereocenters. The third kappa shape index (κ3) is 3.26. The van der Waals surface area contributed by atoms with Crippen molar-refractivity contribution in [3.05, 3.63) is 22.8 Å². The van der Waals surface area contributed by atoms with Crippen molar-refractivity contribution < 1.29 is 19.4 Å². The van der Waals surface area contributed by atoms with E-state index in [9.17, 15) is 14.7 Å². The Morgan fingerprint density at radius 3 is 2.64 bits per heavy atom. The number of esters is 1. The van der Waals surface area contributed by atoms with Crippen molar-refractivity contribution in [3.63, 3.8) is 0 Å². The number of hydrogen-bond acceptors (Lipinski definition) is 3. The van der Waals surface area contributed by atoms with Gasteiger partial charge in [-0.3, -0.25) is 0 Å². The monoisotopic (exact) mass is 306 g/mol. The number of carboxylic acid groups (broad SMARTS) is 1. The quantitative estimate of drug-likeness (QED) is 0.420. The molecule has 2 aliphatic rings. The second kappa shape index (κ2) is 7.12. The summed E-state index contributed by atoms with van der Waals surface area (Å²) in [5.41, 5.74) is 1.71. The average molecular weight is 306 g/mol. The van der Waals surface area contributed by atoms with Gasteiger partial charge < -0.3 is 9.84 Å². The molecule has 0 aromatic carbocycles. The van der Waals surface area contributed by atoms with Crippen LogP contribution in [0, 0.1) is 11.8 Å². The third-order valence-electron chi connectivity index (χ3n) is 4.82. The van der Waals surface area contributed by atoms with E-state index in [0.29, 0.717) is 12.0 Å². The van der Waals surface area contributed by atoms with E-state index in [1.165, 1.54) is 0 Å². The summed E-state index contributed by atoms with van der Waals surface area (Å²) in [6, 6.07) is 0. The topological polar surface area (TPSA) is 63.6 Å². The molecule has 0 saturated carbocycles. The SMILES string of the molecule is CCCCCC(CC)OC(=O)C1=C(C(=O)O)C2CC1C=C2C. The van der Waals surface area contributed by atoms with E-state index in [1.54, 1.807) is 0 Å². The Labute approximate surface area is 132 Å². The summed E-state index contributed by atoms with van der Waals surface area (Å²) in [7, 11) is 0. The molecule has 0 aromatic heterocycles. The number of ether oxygens (including phenoxy) is 1. The van der Waals surface area contributed by atoms with Crippen molar-refractivity contribution in [3.8, 4) is 0 Å². The number of unbranched alkanes of at least 4 members (excludes halogenated alkanes) is 2. The van der Waals surface area contributed by atoms with Crippen molar-refractivity contribution in [2.45, 2.75) is 65.4 Å². The van der Waals surface area contributed by atoms with E-state index in [2.05, 4.69) is 6.92 Å². The van der Waals surface area contributed by atoms with Crippen LogP contribution < -0.4 is 0 Å². The molecule has 0 saturated heterocycles. The maximum atomic E-state index is 12.5. The van der Waals surface area contributed by atoms with Gasteiger partial charge >= 0.3 is 11.9 Å². The predicted molar refractivity (Wildman–Crippen MR) is 84.3 cm³/mol. The number of fused-ring (bicyclic) bond motifs is 2. The van der Waals surface area contributed by atoms with Gasteiger partial charge in [-0.15, -0.1) is 0 Å². The van der Waals surface area contributed by atoms with Gasteiger partial charge in [0.05, 0.1) is 11.1 Å². The molecule has 0 spiro atoms. The minimum absolute atomic E-state index is 0.0725. The van der Waals surface area contributed by atoms with Crippen LogP contribution in [0.5, 0.6) is 0 Å². The highest BCUT2D eigenvalue weighted by molar-refractivity contribution is 6.02. The van der Waals surface area contributed by atoms with Crippen LogP contribution in [-0.2, 0) is 14.3 Å². The van der Waals surface area contributed by atoms with Gasteiger partial charge in [-0.1, -0.05) is 38.3 Å². The summed E-state index contributed by atoms with van der Waals surface area (Å²) in [4.78, 5) is 24.0. The normalized spacial score (nSPS) is 24.4. The Morgan fingerprint density at radius 1 is 1.32 bits per heavy atom. The Hall–Kier alpha value is -1.58. The minimum atomic E-state index is -0.981. The number of carboxylic acids is 1. The van der Waals surface area contributed by atoms with Crippen LogP contribution in [0.3, 0.4) is 0 Å². The molecule has 122 valence electrons. The van der Waals surface area contributed by atoms with Gasteiger partial charge in [0.15, 0.2) is 0 Å². The smallest absolute Gasteiger partial charge is 0.335 e. The fourth-order valence-corrected chi connectivity index (χ4v) is 3.58. The van der Waals surface area contributed by atoms with E-state index in [0.717, 1.165) is 37.7 Å². The molecule has 3 atom stereocenters. The van der Waals surface area contributed by atoms with Gasteiger partial charge in [0.2, 0.25) is 0 Å². The number of hydrogen-bond donors (Lipinski definition) is 1. The predicted octanol–water partition coefficient (Wildman–Crippen LogP) is 3.87. The van der Waals surface area contributed by atoms with Crippen LogP contribution in [0.25, 0.3) is 0 Å². The highest BCUT2D eigenvalue weighted by atomic mass is 16.5. The number of allylic oxidation sites excluding steroid dienone is 2. The molecule has 22 heavy (non-hydrogen) atoms. The van der Waals surface area contributed by atoms with Crippen LogP contribution in [0.1, 0.15) is 59.3 Å². The molecule has 4 heteroatoms. The molecule has 4 nitrogen and oxygen atoms in total. The fraction of sp³-hybridized carbons (Fsp3) is 0.667. The summed E-state index contributed by atoms with van der Waals surface area (Å²) in [5, 5.41) is 9.44. The van der Waals surface area contributed by atoms with Crippen molar-refractivity contribution >= 4 is 11.9 Å². The molecular formula is C18H26O4. The molecule has 0 heterocycles. The first-order valence-electron chi connectivity index (χ1n) is 8.36. The van der Waals surface area contributed by atoms with Gasteiger partial charge in [-0.2, -0.15) is 0 Å². The van der Waals surface area contributed by atoms with Crippen molar-refractivity contribution in [1.29, 1.82) is 0 Å². The van der Waals surface area contributed by atoms with Crippen molar-refractivity contribution in [2.75, 3.05) is 0 Å². The molecule has 0 radical (unpaired) electrons. The molecule has 2 aliphatic carbocycles. The first kappa shape index (κ1) is 16.8. The fourth-order valence-electron chi connectivity index (χ4n) is 3.58. The second-order valence-corrected chi connectivity index (χ2v) is 6.37. The number of carbonyl (C=O) groups is 2. The van der Waals surface area contributed by atoms with E-state index < -0.39 is 11.9 Å². The van der Waals surface area contributed by atoms with E-state index in [4.69, 9.17) is 4.74 Å². The zero-order valence-electron chi connectivity index (χ0n) is 13.7. The van der Waals surface area contributed by atoms with Gasteiger partial charge in [0, 0.05) is 11.8 Å². The van der Waals surface area contributed by atoms with Crippen molar-refractivity contribution in [2.24, 2.45) is 11.8 Å². The maximum Gasteiger partial charge on any atom is 0.335 e. The van der Waals surface area contributed by atoms with Gasteiger partial charge in [-0.05, 0) is 32.6 Å². The summed E-state index contributed by atoms with van der Waals surface area (Å²) in [5.74, 6) is -1.58. The largest absolute Gasteiger partial charge is 0.478 e. The number of rotatable bonds is 8. The third-order valence-corrected chi connectivity index (χ3v) is 4.82. The van der Waals surface area contributed by atoms with Crippen LogP contribution in [0.4, 0.5) is 0 Å². The highest BCUT2D eigenvalue weighted by Gasteiger charge is 2.45. The lowest BCUT2D eigenvalue weighted by atomic mass is 9.92. The second-order valence-electron chi connectivity index (χ2n) is 6.37. The summed E-state index contributed by atoms with van der Waals surface area (Å²) < 4.78 is 5.61. The summed E-state index contributed by atoms with van der Waals surface area (Å²) >= 11 is 0. The van der Waals surface area contributed by atoms with E-state index >= 15 is 0 Å². The van der Waals surface area contributed by atoms with Gasteiger partial charge in [-0.25, -0.2) is 9.59 Å². The lowest BCUT2D eigenvalue weighted by molar-refractivity contribution is -0.146. The zero-order valence-corrected chi connectivity index (χ0v) is 13.7. The maximum absolute atomic E-state index is 12.5. The van der Waals surface area contributed by atoms with E-state index in [1.807, 2.05) is 19.9 Å². The molecule has 2 bridgehead atoms. The molecule has 1 N–H and O–H groups in total. The number of aliphatic carboxylic acids is 1. The Morgan fingerprint density at radius 2 is 2.05 bits per heavy atom. The van der Waals surface area contributed by atoms with Crippen LogP contribution in [0.2, 0.25) is 0 Å². The Bertz CT molecular complexity index is 515. The average Bonchev–Trinajstić information content (AvgIpc) is 3.02. The first-order valence-corrected chi connectivity index (χ1v) is 8.36. The Balaban J connectivity index is 2.08. The van der Waals surface area contributed by atoms with Gasteiger partial charge in [0.1, 0.15) is 6.10 Å². The molecule has 2 rings (SSSR count). The molecular weight excluding hydrogens is 280 g/mol. The molecule has 0 aliphatic heterocycles. The lowest BCUT2D eigenvalue weighted by Crippen LogP contribution is -2.23. The molecule has 0 fully saturated rings. The number of carbonyl (C=O) groups excluding carboxylic acids is 1. The summed E-state index contributed by atoms with van der Waals surface area (Å²) in [6.45, 7) is 6.08. The molecule has 0 aromatic rings. The first-order chi connectivity index (χ1) is 10.5. The van der Waals surface area contributed by atoms with Crippen LogP contribution >= 0.6 is 0 Å². The van der Waals surface area contributed by atoms with Gasteiger partial charge in [0.25, 0.3) is 0 Å². The summed E-state index contributed by atoms with van der Waals surface area (Å²) in [6.07, 6.45) is 7.55. The minimum Gasteiger partial charge on any atom is -0.478 e. The lowest BCUT2D eigenvalue weighted by Gasteiger charge is -2.20. The standard InChI is InChI=1S/C18H26O4/c1-4-6-7-8-13(5-2)22-18(21)15-12-9-11(3)14(10-12)16(15)17(19)20/h9,12-14H,4-8,10H2,1-3H3,(H,19,20). The van der Waals surface area contributed by atoms with Crippen LogP contribution in [-0.4, -0.2) is 23.1 Å².